The third kappa shape index (κ3) is 5.51. The molecule has 8 heteroatoms. The molecule has 1 aromatic carbocycles. The largest absolute Gasteiger partial charge is 0.467 e. The van der Waals surface area contributed by atoms with Crippen LogP contribution in [0.5, 0.6) is 0 Å². The molecule has 29 heavy (non-hydrogen) atoms. The zero-order valence-corrected chi connectivity index (χ0v) is 17.5. The molecular formula is C21H24N4O3S. The number of amides is 2. The molecule has 1 N–H and O–H groups in total. The SMILES string of the molecule is CC(C)(C)NC(=O)[C@@H](c1ccco1)N(CCc1ccccc1)C(=O)c1csnn1. The summed E-state index contributed by atoms with van der Waals surface area (Å²) in [6.45, 7) is 6.00. The maximum absolute atomic E-state index is 13.2. The molecule has 7 nitrogen and oxygen atoms in total. The molecule has 0 fully saturated rings. The standard InChI is InChI=1S/C21H24N4O3S/c1-21(2,3)22-19(26)18(17-10-7-13-28-17)25(20(27)16-14-29-24-23-16)12-11-15-8-5-4-6-9-15/h4-10,13-14,18H,11-12H2,1-3H3,(H,22,26)/t18-/m1/s1. The third-order valence-corrected chi connectivity index (χ3v) is 4.70. The second-order valence-corrected chi connectivity index (χ2v) is 8.29. The van der Waals surface area contributed by atoms with E-state index in [4.69, 9.17) is 4.42 Å². The number of aromatic nitrogens is 2. The minimum Gasteiger partial charge on any atom is -0.467 e. The van der Waals surface area contributed by atoms with Gasteiger partial charge in [-0.25, -0.2) is 0 Å². The lowest BCUT2D eigenvalue weighted by atomic mass is 10.0. The molecule has 0 aliphatic carbocycles. The van der Waals surface area contributed by atoms with E-state index in [0.29, 0.717) is 18.7 Å². The first-order valence-corrected chi connectivity index (χ1v) is 10.2. The molecule has 0 radical (unpaired) electrons. The van der Waals surface area contributed by atoms with E-state index >= 15 is 0 Å². The van der Waals surface area contributed by atoms with E-state index in [1.807, 2.05) is 51.1 Å². The quantitative estimate of drug-likeness (QED) is 0.642. The highest BCUT2D eigenvalue weighted by molar-refractivity contribution is 7.03. The van der Waals surface area contributed by atoms with Gasteiger partial charge in [0.25, 0.3) is 11.8 Å². The average molecular weight is 413 g/mol. The second kappa shape index (κ2) is 9.00. The highest BCUT2D eigenvalue weighted by atomic mass is 32.1. The summed E-state index contributed by atoms with van der Waals surface area (Å²) in [6, 6.07) is 12.3. The first-order chi connectivity index (χ1) is 13.8. The monoisotopic (exact) mass is 412 g/mol. The van der Waals surface area contributed by atoms with E-state index in [-0.39, 0.29) is 17.5 Å². The molecule has 0 saturated carbocycles. The van der Waals surface area contributed by atoms with Gasteiger partial charge in [-0.15, -0.1) is 5.10 Å². The lowest BCUT2D eigenvalue weighted by molar-refractivity contribution is -0.128. The van der Waals surface area contributed by atoms with Gasteiger partial charge in [-0.2, -0.15) is 0 Å². The number of carbonyl (C=O) groups is 2. The van der Waals surface area contributed by atoms with Crippen LogP contribution in [0.2, 0.25) is 0 Å². The van der Waals surface area contributed by atoms with E-state index < -0.39 is 11.6 Å². The van der Waals surface area contributed by atoms with Crippen LogP contribution >= 0.6 is 11.5 Å². The van der Waals surface area contributed by atoms with Crippen molar-refractivity contribution in [3.8, 4) is 0 Å². The smallest absolute Gasteiger partial charge is 0.276 e. The van der Waals surface area contributed by atoms with Crippen LogP contribution in [0.25, 0.3) is 0 Å². The van der Waals surface area contributed by atoms with Crippen LogP contribution in [-0.4, -0.2) is 38.4 Å². The van der Waals surface area contributed by atoms with Crippen molar-refractivity contribution >= 4 is 23.3 Å². The zero-order valence-electron chi connectivity index (χ0n) is 16.7. The Balaban J connectivity index is 1.95. The zero-order chi connectivity index (χ0) is 20.9. The number of hydrogen-bond donors (Lipinski definition) is 1. The van der Waals surface area contributed by atoms with Gasteiger partial charge in [0.15, 0.2) is 11.7 Å². The van der Waals surface area contributed by atoms with Crippen LogP contribution in [-0.2, 0) is 11.2 Å². The summed E-state index contributed by atoms with van der Waals surface area (Å²) in [7, 11) is 0. The summed E-state index contributed by atoms with van der Waals surface area (Å²) in [5.41, 5.74) is 0.817. The van der Waals surface area contributed by atoms with Crippen LogP contribution in [0.3, 0.4) is 0 Å². The molecule has 1 atom stereocenters. The van der Waals surface area contributed by atoms with E-state index in [0.717, 1.165) is 17.1 Å². The Hall–Kier alpha value is -3.00. The molecule has 0 aliphatic rings. The lowest BCUT2D eigenvalue weighted by Crippen LogP contribution is -2.49. The Labute approximate surface area is 173 Å². The average Bonchev–Trinajstić information content (AvgIpc) is 3.37. The second-order valence-electron chi connectivity index (χ2n) is 7.68. The first-order valence-electron chi connectivity index (χ1n) is 9.32. The van der Waals surface area contributed by atoms with Crippen LogP contribution in [0.4, 0.5) is 0 Å². The Morgan fingerprint density at radius 3 is 2.52 bits per heavy atom. The Bertz CT molecular complexity index is 919. The summed E-state index contributed by atoms with van der Waals surface area (Å²) >= 11 is 1.09. The molecule has 2 aromatic heterocycles. The van der Waals surface area contributed by atoms with Crippen molar-refractivity contribution in [3.63, 3.8) is 0 Å². The predicted molar refractivity (Wildman–Crippen MR) is 110 cm³/mol. The molecule has 152 valence electrons. The molecule has 0 unspecified atom stereocenters. The molecule has 0 bridgehead atoms. The van der Waals surface area contributed by atoms with Crippen LogP contribution < -0.4 is 5.32 Å². The fourth-order valence-electron chi connectivity index (χ4n) is 2.96. The predicted octanol–water partition coefficient (Wildman–Crippen LogP) is 3.47. The van der Waals surface area contributed by atoms with Crippen LogP contribution in [0, 0.1) is 0 Å². The first kappa shape index (κ1) is 20.7. The molecule has 2 heterocycles. The van der Waals surface area contributed by atoms with Gasteiger partial charge in [-0.3, -0.25) is 9.59 Å². The topological polar surface area (TPSA) is 88.3 Å². The summed E-state index contributed by atoms with van der Waals surface area (Å²) in [5, 5.41) is 8.45. The Kier molecular flexibility index (Phi) is 6.43. The van der Waals surface area contributed by atoms with Crippen molar-refractivity contribution < 1.29 is 14.0 Å². The van der Waals surface area contributed by atoms with Gasteiger partial charge in [-0.1, -0.05) is 34.8 Å². The molecule has 0 saturated heterocycles. The summed E-state index contributed by atoms with van der Waals surface area (Å²) in [5.74, 6) is -0.270. The Morgan fingerprint density at radius 2 is 1.93 bits per heavy atom. The minimum atomic E-state index is -0.915. The van der Waals surface area contributed by atoms with E-state index in [1.54, 1.807) is 17.5 Å². The van der Waals surface area contributed by atoms with Gasteiger partial charge in [0.05, 0.1) is 6.26 Å². The third-order valence-electron chi connectivity index (χ3n) is 4.20. The maximum atomic E-state index is 13.2. The molecule has 2 amide bonds. The van der Waals surface area contributed by atoms with Crippen molar-refractivity contribution in [1.29, 1.82) is 0 Å². The number of benzene rings is 1. The highest BCUT2D eigenvalue weighted by Crippen LogP contribution is 2.25. The lowest BCUT2D eigenvalue weighted by Gasteiger charge is -2.32. The van der Waals surface area contributed by atoms with Crippen molar-refractivity contribution in [3.05, 3.63) is 71.1 Å². The van der Waals surface area contributed by atoms with Gasteiger partial charge in [0, 0.05) is 17.5 Å². The van der Waals surface area contributed by atoms with Crippen LogP contribution in [0.15, 0.2) is 58.5 Å². The molecule has 0 spiro atoms. The van der Waals surface area contributed by atoms with Crippen LogP contribution in [0.1, 0.15) is 48.6 Å². The molecular weight excluding hydrogens is 388 g/mol. The van der Waals surface area contributed by atoms with Gasteiger partial charge in [0.2, 0.25) is 0 Å². The number of nitrogens with one attached hydrogen (secondary N) is 1. The summed E-state index contributed by atoms with van der Waals surface area (Å²) in [6.07, 6.45) is 2.08. The number of hydrogen-bond acceptors (Lipinski definition) is 6. The number of carbonyl (C=O) groups excluding carboxylic acids is 2. The number of nitrogens with zero attached hydrogens (tertiary/aromatic N) is 3. The Morgan fingerprint density at radius 1 is 1.17 bits per heavy atom. The van der Waals surface area contributed by atoms with E-state index in [1.165, 1.54) is 11.2 Å². The summed E-state index contributed by atoms with van der Waals surface area (Å²) in [4.78, 5) is 27.9. The van der Waals surface area contributed by atoms with E-state index in [9.17, 15) is 9.59 Å². The molecule has 0 aliphatic heterocycles. The number of rotatable bonds is 7. The molecule has 3 aromatic rings. The maximum Gasteiger partial charge on any atom is 0.276 e. The van der Waals surface area contributed by atoms with Gasteiger partial charge >= 0.3 is 0 Å². The van der Waals surface area contributed by atoms with Gasteiger partial charge in [-0.05, 0) is 56.4 Å². The fraction of sp³-hybridized carbons (Fsp3) is 0.333. The van der Waals surface area contributed by atoms with Gasteiger partial charge in [0.1, 0.15) is 5.76 Å². The van der Waals surface area contributed by atoms with Gasteiger partial charge < -0.3 is 14.6 Å². The minimum absolute atomic E-state index is 0.211. The van der Waals surface area contributed by atoms with Crippen molar-refractivity contribution in [1.82, 2.24) is 19.8 Å². The highest BCUT2D eigenvalue weighted by Gasteiger charge is 2.36. The van der Waals surface area contributed by atoms with Crippen molar-refractivity contribution in [2.24, 2.45) is 0 Å². The number of furan rings is 1. The summed E-state index contributed by atoms with van der Waals surface area (Å²) < 4.78 is 9.33. The molecule has 3 rings (SSSR count). The van der Waals surface area contributed by atoms with Crippen molar-refractivity contribution in [2.45, 2.75) is 38.8 Å². The normalized spacial score (nSPS) is 12.4. The van der Waals surface area contributed by atoms with Crippen molar-refractivity contribution in [2.75, 3.05) is 6.54 Å². The van der Waals surface area contributed by atoms with E-state index in [2.05, 4.69) is 14.9 Å². The fourth-order valence-corrected chi connectivity index (χ4v) is 3.39.